The fourth-order valence-corrected chi connectivity index (χ4v) is 7.89. The van der Waals surface area contributed by atoms with Crippen LogP contribution < -0.4 is 0 Å². The number of benzene rings is 8. The summed E-state index contributed by atoms with van der Waals surface area (Å²) in [5.41, 5.74) is 9.92. The molecule has 252 valence electrons. The third-order valence-electron chi connectivity index (χ3n) is 10.4. The Bertz CT molecular complexity index is 3220. The Kier molecular flexibility index (Phi) is 6.79. The van der Waals surface area contributed by atoms with E-state index in [2.05, 4.69) is 144 Å². The average Bonchev–Trinajstić information content (AvgIpc) is 3.79. The van der Waals surface area contributed by atoms with Gasteiger partial charge in [0.2, 0.25) is 0 Å². The topological polar surface area (TPSA) is 56.7 Å². The molecule has 0 unspecified atom stereocenters. The average molecular weight is 691 g/mol. The second-order valence-electron chi connectivity index (χ2n) is 13.6. The molecule has 8 aromatic carbocycles. The smallest absolute Gasteiger partial charge is 0.164 e. The van der Waals surface area contributed by atoms with Crippen molar-refractivity contribution in [2.45, 2.75) is 0 Å². The lowest BCUT2D eigenvalue weighted by atomic mass is 9.95. The third kappa shape index (κ3) is 4.90. The molecule has 11 rings (SSSR count). The van der Waals surface area contributed by atoms with Crippen molar-refractivity contribution in [1.82, 2.24) is 19.5 Å². The van der Waals surface area contributed by atoms with Crippen LogP contribution in [-0.4, -0.2) is 19.5 Å². The molecule has 0 aliphatic rings. The van der Waals surface area contributed by atoms with Gasteiger partial charge in [-0.15, -0.1) is 0 Å². The normalized spacial score (nSPS) is 11.7. The van der Waals surface area contributed by atoms with Gasteiger partial charge < -0.3 is 8.98 Å². The van der Waals surface area contributed by atoms with Crippen LogP contribution in [-0.2, 0) is 0 Å². The second-order valence-corrected chi connectivity index (χ2v) is 13.6. The van der Waals surface area contributed by atoms with Crippen molar-refractivity contribution in [3.05, 3.63) is 182 Å². The summed E-state index contributed by atoms with van der Waals surface area (Å²) in [7, 11) is 0. The standard InChI is InChI=1S/C49H30N4O/c1-3-14-32(15-4-1)47-50-48(35-24-23-31-13-7-8-16-33(31)27-35)52-49(51-47)36-29-40(46-39-20-10-12-22-44(39)54-45(46)30-36)34-25-26-43-41(28-34)38-19-9-11-21-42(38)53(43)37-17-5-2-6-18-37/h1-30H. The molecular weight excluding hydrogens is 661 g/mol. The number of hydrogen-bond donors (Lipinski definition) is 0. The highest BCUT2D eigenvalue weighted by Crippen LogP contribution is 2.42. The molecule has 3 aromatic heterocycles. The van der Waals surface area contributed by atoms with E-state index in [1.807, 2.05) is 42.5 Å². The van der Waals surface area contributed by atoms with Crippen LogP contribution in [0, 0.1) is 0 Å². The molecule has 0 N–H and O–H groups in total. The van der Waals surface area contributed by atoms with Crippen LogP contribution in [0.4, 0.5) is 0 Å². The fraction of sp³-hybridized carbons (Fsp3) is 0. The molecule has 0 atom stereocenters. The molecule has 0 spiro atoms. The first-order chi connectivity index (χ1) is 26.7. The van der Waals surface area contributed by atoms with Crippen molar-refractivity contribution in [2.24, 2.45) is 0 Å². The minimum absolute atomic E-state index is 0.581. The molecule has 0 radical (unpaired) electrons. The van der Waals surface area contributed by atoms with Gasteiger partial charge in [-0.25, -0.2) is 15.0 Å². The summed E-state index contributed by atoms with van der Waals surface area (Å²) < 4.78 is 8.94. The molecule has 3 heterocycles. The first-order valence-electron chi connectivity index (χ1n) is 18.1. The Morgan fingerprint density at radius 1 is 0.370 bits per heavy atom. The van der Waals surface area contributed by atoms with Crippen LogP contribution in [0.5, 0.6) is 0 Å². The van der Waals surface area contributed by atoms with Crippen LogP contribution in [0.15, 0.2) is 186 Å². The van der Waals surface area contributed by atoms with E-state index in [0.717, 1.165) is 66.3 Å². The first-order valence-corrected chi connectivity index (χ1v) is 18.1. The number of para-hydroxylation sites is 3. The third-order valence-corrected chi connectivity index (χ3v) is 10.4. The summed E-state index contributed by atoms with van der Waals surface area (Å²) in [5, 5.41) is 6.82. The maximum absolute atomic E-state index is 6.60. The van der Waals surface area contributed by atoms with Crippen LogP contribution in [0.25, 0.3) is 105 Å². The van der Waals surface area contributed by atoms with Gasteiger partial charge in [0.15, 0.2) is 17.5 Å². The number of rotatable bonds is 5. The highest BCUT2D eigenvalue weighted by Gasteiger charge is 2.20. The van der Waals surface area contributed by atoms with Gasteiger partial charge in [0.05, 0.1) is 11.0 Å². The maximum atomic E-state index is 6.60. The highest BCUT2D eigenvalue weighted by molar-refractivity contribution is 6.16. The van der Waals surface area contributed by atoms with Crippen molar-refractivity contribution in [2.75, 3.05) is 0 Å². The highest BCUT2D eigenvalue weighted by atomic mass is 16.3. The summed E-state index contributed by atoms with van der Waals surface area (Å²) in [6, 6.07) is 63.4. The Labute approximate surface area is 310 Å². The van der Waals surface area contributed by atoms with E-state index in [0.29, 0.717) is 17.5 Å². The summed E-state index contributed by atoms with van der Waals surface area (Å²) in [6.45, 7) is 0. The van der Waals surface area contributed by atoms with Crippen LogP contribution in [0.2, 0.25) is 0 Å². The zero-order valence-corrected chi connectivity index (χ0v) is 29.0. The molecule has 0 saturated heterocycles. The molecule has 0 amide bonds. The Balaban J connectivity index is 1.16. The van der Waals surface area contributed by atoms with Crippen molar-refractivity contribution >= 4 is 54.5 Å². The van der Waals surface area contributed by atoms with E-state index < -0.39 is 0 Å². The van der Waals surface area contributed by atoms with Gasteiger partial charge in [-0.3, -0.25) is 0 Å². The Morgan fingerprint density at radius 3 is 1.83 bits per heavy atom. The molecular formula is C49H30N4O. The Hall–Kier alpha value is -7.37. The first kappa shape index (κ1) is 30.3. The lowest BCUT2D eigenvalue weighted by Gasteiger charge is -2.12. The second kappa shape index (κ2) is 12.1. The van der Waals surface area contributed by atoms with E-state index in [1.54, 1.807) is 0 Å². The molecule has 0 saturated carbocycles. The largest absolute Gasteiger partial charge is 0.456 e. The van der Waals surface area contributed by atoms with Crippen molar-refractivity contribution < 1.29 is 4.42 Å². The van der Waals surface area contributed by atoms with Crippen LogP contribution in [0.1, 0.15) is 0 Å². The molecule has 54 heavy (non-hydrogen) atoms. The molecule has 11 aromatic rings. The number of furan rings is 1. The van der Waals surface area contributed by atoms with Gasteiger partial charge in [-0.1, -0.05) is 127 Å². The molecule has 0 bridgehead atoms. The predicted octanol–water partition coefficient (Wildman–Crippen LogP) is 12.7. The zero-order chi connectivity index (χ0) is 35.6. The van der Waals surface area contributed by atoms with Crippen molar-refractivity contribution in [3.8, 4) is 51.0 Å². The lowest BCUT2D eigenvalue weighted by molar-refractivity contribution is 0.669. The maximum Gasteiger partial charge on any atom is 0.164 e. The van der Waals surface area contributed by atoms with Gasteiger partial charge >= 0.3 is 0 Å². The molecule has 5 heteroatoms. The van der Waals surface area contributed by atoms with Crippen LogP contribution >= 0.6 is 0 Å². The fourth-order valence-electron chi connectivity index (χ4n) is 7.89. The predicted molar refractivity (Wildman–Crippen MR) is 221 cm³/mol. The summed E-state index contributed by atoms with van der Waals surface area (Å²) in [5.74, 6) is 1.81. The molecule has 0 aliphatic heterocycles. The molecule has 0 aliphatic carbocycles. The minimum atomic E-state index is 0.581. The number of aromatic nitrogens is 4. The van der Waals surface area contributed by atoms with Gasteiger partial charge in [-0.05, 0) is 76.5 Å². The molecule has 5 nitrogen and oxygen atoms in total. The summed E-state index contributed by atoms with van der Waals surface area (Å²) in [4.78, 5) is 15.3. The monoisotopic (exact) mass is 690 g/mol. The number of fused-ring (bicyclic) bond motifs is 7. The number of nitrogens with zero attached hydrogens (tertiary/aromatic N) is 4. The van der Waals surface area contributed by atoms with Crippen molar-refractivity contribution in [3.63, 3.8) is 0 Å². The van der Waals surface area contributed by atoms with Gasteiger partial charge in [0, 0.05) is 43.9 Å². The van der Waals surface area contributed by atoms with Gasteiger partial charge in [-0.2, -0.15) is 0 Å². The van der Waals surface area contributed by atoms with E-state index in [-0.39, 0.29) is 0 Å². The van der Waals surface area contributed by atoms with Crippen LogP contribution in [0.3, 0.4) is 0 Å². The summed E-state index contributed by atoms with van der Waals surface area (Å²) >= 11 is 0. The van der Waals surface area contributed by atoms with Gasteiger partial charge in [0.1, 0.15) is 11.2 Å². The lowest BCUT2D eigenvalue weighted by Crippen LogP contribution is -2.00. The SMILES string of the molecule is c1ccc(-c2nc(-c3ccc4ccccc4c3)nc(-c3cc(-c4ccc5c(c4)c4ccccc4n5-c4ccccc4)c4c(c3)oc3ccccc34)n2)cc1. The van der Waals surface area contributed by atoms with E-state index in [4.69, 9.17) is 19.4 Å². The van der Waals surface area contributed by atoms with Gasteiger partial charge in [0.25, 0.3) is 0 Å². The zero-order valence-electron chi connectivity index (χ0n) is 29.0. The van der Waals surface area contributed by atoms with E-state index in [9.17, 15) is 0 Å². The minimum Gasteiger partial charge on any atom is -0.456 e. The van der Waals surface area contributed by atoms with E-state index >= 15 is 0 Å². The quantitative estimate of drug-likeness (QED) is 0.180. The van der Waals surface area contributed by atoms with Crippen molar-refractivity contribution in [1.29, 1.82) is 0 Å². The summed E-state index contributed by atoms with van der Waals surface area (Å²) in [6.07, 6.45) is 0. The molecule has 0 fully saturated rings. The van der Waals surface area contributed by atoms with E-state index in [1.165, 1.54) is 21.7 Å². The Morgan fingerprint density at radius 2 is 1.00 bits per heavy atom. The number of hydrogen-bond acceptors (Lipinski definition) is 4.